The molecule has 5 heteroatoms. The number of hydrogen-bond acceptors (Lipinski definition) is 2. The third-order valence-corrected chi connectivity index (χ3v) is 3.22. The van der Waals surface area contributed by atoms with Crippen molar-refractivity contribution in [1.29, 1.82) is 0 Å². The van der Waals surface area contributed by atoms with E-state index < -0.39 is 0 Å². The molecule has 0 aliphatic rings. The van der Waals surface area contributed by atoms with E-state index >= 15 is 0 Å². The van der Waals surface area contributed by atoms with Gasteiger partial charge in [-0.05, 0) is 24.6 Å². The number of halogens is 1. The molecule has 0 heterocycles. The molecule has 1 aromatic rings. The summed E-state index contributed by atoms with van der Waals surface area (Å²) in [4.78, 5) is 24.9. The molecule has 18 heavy (non-hydrogen) atoms. The van der Waals surface area contributed by atoms with Gasteiger partial charge in [0.15, 0.2) is 0 Å². The second-order valence-corrected chi connectivity index (χ2v) is 5.02. The Labute approximate surface area is 115 Å². The zero-order chi connectivity index (χ0) is 13.7. The molecule has 1 N–H and O–H groups in total. The van der Waals surface area contributed by atoms with Crippen molar-refractivity contribution in [3.8, 4) is 0 Å². The standard InChI is InChI=1S/C13H17BrN2O2/c1-9-4-5-10(14)8-11(9)13(18)16(3)7-6-12(17)15-2/h4-5,8H,6-7H2,1-3H3,(H,15,17). The highest BCUT2D eigenvalue weighted by Gasteiger charge is 2.15. The van der Waals surface area contributed by atoms with E-state index in [1.54, 1.807) is 25.1 Å². The van der Waals surface area contributed by atoms with Gasteiger partial charge in [-0.25, -0.2) is 0 Å². The molecule has 0 aliphatic carbocycles. The first-order valence-corrected chi connectivity index (χ1v) is 6.47. The number of carbonyl (C=O) groups excluding carboxylic acids is 2. The van der Waals surface area contributed by atoms with E-state index in [0.29, 0.717) is 18.5 Å². The van der Waals surface area contributed by atoms with Gasteiger partial charge in [-0.15, -0.1) is 0 Å². The lowest BCUT2D eigenvalue weighted by Crippen LogP contribution is -2.31. The number of amides is 2. The molecule has 0 saturated heterocycles. The van der Waals surface area contributed by atoms with Crippen LogP contribution in [0.5, 0.6) is 0 Å². The fraction of sp³-hybridized carbons (Fsp3) is 0.385. The van der Waals surface area contributed by atoms with Crippen LogP contribution in [0.3, 0.4) is 0 Å². The van der Waals surface area contributed by atoms with Crippen LogP contribution in [0.25, 0.3) is 0 Å². The smallest absolute Gasteiger partial charge is 0.253 e. The van der Waals surface area contributed by atoms with Gasteiger partial charge >= 0.3 is 0 Å². The van der Waals surface area contributed by atoms with Crippen molar-refractivity contribution in [2.45, 2.75) is 13.3 Å². The molecule has 0 saturated carbocycles. The first kappa shape index (κ1) is 14.7. The molecule has 98 valence electrons. The topological polar surface area (TPSA) is 49.4 Å². The molecular weight excluding hydrogens is 296 g/mol. The molecule has 0 unspecified atom stereocenters. The summed E-state index contributed by atoms with van der Waals surface area (Å²) in [6.45, 7) is 2.30. The summed E-state index contributed by atoms with van der Waals surface area (Å²) in [5.41, 5.74) is 1.58. The number of carbonyl (C=O) groups is 2. The summed E-state index contributed by atoms with van der Waals surface area (Å²) in [5.74, 6) is -0.140. The number of nitrogens with zero attached hydrogens (tertiary/aromatic N) is 1. The molecular formula is C13H17BrN2O2. The van der Waals surface area contributed by atoms with E-state index in [4.69, 9.17) is 0 Å². The van der Waals surface area contributed by atoms with Crippen LogP contribution >= 0.6 is 15.9 Å². The van der Waals surface area contributed by atoms with E-state index in [1.807, 2.05) is 19.1 Å². The Kier molecular flexibility index (Phi) is 5.34. The maximum atomic E-state index is 12.2. The van der Waals surface area contributed by atoms with Crippen LogP contribution in [-0.2, 0) is 4.79 Å². The van der Waals surface area contributed by atoms with E-state index in [1.165, 1.54) is 0 Å². The van der Waals surface area contributed by atoms with Gasteiger partial charge in [0, 0.05) is 37.1 Å². The van der Waals surface area contributed by atoms with Crippen LogP contribution in [0.2, 0.25) is 0 Å². The third kappa shape index (κ3) is 3.84. The van der Waals surface area contributed by atoms with E-state index in [9.17, 15) is 9.59 Å². The van der Waals surface area contributed by atoms with Gasteiger partial charge in [0.25, 0.3) is 5.91 Å². The molecule has 0 aliphatic heterocycles. The van der Waals surface area contributed by atoms with Gasteiger partial charge in [-0.1, -0.05) is 22.0 Å². The quantitative estimate of drug-likeness (QED) is 0.924. The number of aryl methyl sites for hydroxylation is 1. The Bertz CT molecular complexity index is 460. The molecule has 0 atom stereocenters. The van der Waals surface area contributed by atoms with Crippen LogP contribution in [0.15, 0.2) is 22.7 Å². The number of hydrogen-bond donors (Lipinski definition) is 1. The van der Waals surface area contributed by atoms with Crippen molar-refractivity contribution in [3.63, 3.8) is 0 Å². The molecule has 1 aromatic carbocycles. The van der Waals surface area contributed by atoms with Crippen molar-refractivity contribution in [1.82, 2.24) is 10.2 Å². The van der Waals surface area contributed by atoms with Gasteiger partial charge in [-0.2, -0.15) is 0 Å². The Hall–Kier alpha value is -1.36. The molecule has 1 rings (SSSR count). The Balaban J connectivity index is 2.74. The second kappa shape index (κ2) is 6.54. The van der Waals surface area contributed by atoms with E-state index in [0.717, 1.165) is 10.0 Å². The lowest BCUT2D eigenvalue weighted by Gasteiger charge is -2.18. The largest absolute Gasteiger partial charge is 0.359 e. The highest BCUT2D eigenvalue weighted by atomic mass is 79.9. The first-order valence-electron chi connectivity index (χ1n) is 5.68. The van der Waals surface area contributed by atoms with E-state index in [-0.39, 0.29) is 11.8 Å². The minimum atomic E-state index is -0.0716. The first-order chi connectivity index (χ1) is 8.45. The lowest BCUT2D eigenvalue weighted by atomic mass is 10.1. The van der Waals surface area contributed by atoms with Crippen LogP contribution in [0.4, 0.5) is 0 Å². The zero-order valence-electron chi connectivity index (χ0n) is 10.8. The predicted molar refractivity (Wildman–Crippen MR) is 74.5 cm³/mol. The summed E-state index contributed by atoms with van der Waals surface area (Å²) >= 11 is 3.35. The highest BCUT2D eigenvalue weighted by Crippen LogP contribution is 2.17. The molecule has 0 aromatic heterocycles. The summed E-state index contributed by atoms with van der Waals surface area (Å²) in [5, 5.41) is 2.54. The van der Waals surface area contributed by atoms with Gasteiger partial charge < -0.3 is 10.2 Å². The minimum absolute atomic E-state index is 0.0689. The summed E-state index contributed by atoms with van der Waals surface area (Å²) in [7, 11) is 3.29. The SMILES string of the molecule is CNC(=O)CCN(C)C(=O)c1cc(Br)ccc1C. The summed E-state index contributed by atoms with van der Waals surface area (Å²) in [6.07, 6.45) is 0.311. The normalized spacial score (nSPS) is 10.0. The van der Waals surface area contributed by atoms with Crippen molar-refractivity contribution in [2.24, 2.45) is 0 Å². The van der Waals surface area contributed by atoms with Crippen molar-refractivity contribution < 1.29 is 9.59 Å². The number of benzene rings is 1. The summed E-state index contributed by atoms with van der Waals surface area (Å²) < 4.78 is 0.871. The van der Waals surface area contributed by atoms with Gasteiger partial charge in [0.05, 0.1) is 0 Å². The maximum absolute atomic E-state index is 12.2. The summed E-state index contributed by atoms with van der Waals surface area (Å²) in [6, 6.07) is 5.59. The average molecular weight is 313 g/mol. The fourth-order valence-electron chi connectivity index (χ4n) is 1.53. The van der Waals surface area contributed by atoms with Gasteiger partial charge in [0.2, 0.25) is 5.91 Å². The molecule has 0 fully saturated rings. The fourth-order valence-corrected chi connectivity index (χ4v) is 1.89. The Morgan fingerprint density at radius 2 is 2.06 bits per heavy atom. The Morgan fingerprint density at radius 3 is 2.67 bits per heavy atom. The molecule has 4 nitrogen and oxygen atoms in total. The zero-order valence-corrected chi connectivity index (χ0v) is 12.4. The third-order valence-electron chi connectivity index (χ3n) is 2.73. The molecule has 0 radical (unpaired) electrons. The maximum Gasteiger partial charge on any atom is 0.253 e. The Morgan fingerprint density at radius 1 is 1.39 bits per heavy atom. The predicted octanol–water partition coefficient (Wildman–Crippen LogP) is 1.97. The average Bonchev–Trinajstić information content (AvgIpc) is 2.37. The van der Waals surface area contributed by atoms with Crippen molar-refractivity contribution >= 4 is 27.7 Å². The molecule has 0 spiro atoms. The van der Waals surface area contributed by atoms with Crippen LogP contribution in [0.1, 0.15) is 22.3 Å². The van der Waals surface area contributed by atoms with Gasteiger partial charge in [0.1, 0.15) is 0 Å². The van der Waals surface area contributed by atoms with Crippen LogP contribution in [0, 0.1) is 6.92 Å². The minimum Gasteiger partial charge on any atom is -0.359 e. The highest BCUT2D eigenvalue weighted by molar-refractivity contribution is 9.10. The van der Waals surface area contributed by atoms with Crippen molar-refractivity contribution in [2.75, 3.05) is 20.6 Å². The number of rotatable bonds is 4. The lowest BCUT2D eigenvalue weighted by molar-refractivity contribution is -0.120. The second-order valence-electron chi connectivity index (χ2n) is 4.11. The van der Waals surface area contributed by atoms with Crippen molar-refractivity contribution in [3.05, 3.63) is 33.8 Å². The molecule has 0 bridgehead atoms. The van der Waals surface area contributed by atoms with E-state index in [2.05, 4.69) is 21.2 Å². The van der Waals surface area contributed by atoms with Crippen LogP contribution < -0.4 is 5.32 Å². The van der Waals surface area contributed by atoms with Crippen LogP contribution in [-0.4, -0.2) is 37.4 Å². The molecule has 2 amide bonds. The monoisotopic (exact) mass is 312 g/mol. The van der Waals surface area contributed by atoms with Gasteiger partial charge in [-0.3, -0.25) is 9.59 Å². The number of nitrogens with one attached hydrogen (secondary N) is 1.